The van der Waals surface area contributed by atoms with E-state index in [1.807, 2.05) is 11.8 Å². The van der Waals surface area contributed by atoms with Crippen LogP contribution in [0.1, 0.15) is 23.2 Å². The van der Waals surface area contributed by atoms with Gasteiger partial charge >= 0.3 is 0 Å². The third kappa shape index (κ3) is 3.38. The van der Waals surface area contributed by atoms with Crippen molar-refractivity contribution in [2.24, 2.45) is 5.84 Å². The van der Waals surface area contributed by atoms with E-state index in [9.17, 15) is 4.79 Å². The molecule has 1 heterocycles. The van der Waals surface area contributed by atoms with Crippen molar-refractivity contribution in [2.45, 2.75) is 18.1 Å². The largest absolute Gasteiger partial charge is 0.351 e. The molecular weight excluding hydrogens is 234 g/mol. The average molecular weight is 251 g/mol. The molecule has 4 N–H and O–H groups in total. The number of nitrogen functional groups attached to an aromatic ring is 1. The molecule has 0 radical (unpaired) electrons. The number of carbonyl (C=O) groups is 1. The van der Waals surface area contributed by atoms with E-state index in [0.29, 0.717) is 10.8 Å². The fourth-order valence-electron chi connectivity index (χ4n) is 1.83. The summed E-state index contributed by atoms with van der Waals surface area (Å²) < 4.78 is 0. The van der Waals surface area contributed by atoms with E-state index < -0.39 is 0 Å². The fourth-order valence-corrected chi connectivity index (χ4v) is 3.03. The Morgan fingerprint density at radius 2 is 2.18 bits per heavy atom. The Balaban J connectivity index is 1.85. The lowest BCUT2D eigenvalue weighted by molar-refractivity contribution is 0.0953. The number of benzene rings is 1. The maximum absolute atomic E-state index is 11.8. The van der Waals surface area contributed by atoms with E-state index >= 15 is 0 Å². The Bertz CT molecular complexity index is 374. The molecule has 2 rings (SSSR count). The summed E-state index contributed by atoms with van der Waals surface area (Å²) >= 11 is 1.94. The summed E-state index contributed by atoms with van der Waals surface area (Å²) in [6, 6.07) is 7.12. The normalized spacial score (nSPS) is 19.0. The molecule has 1 saturated heterocycles. The minimum absolute atomic E-state index is 0.0129. The predicted molar refractivity (Wildman–Crippen MR) is 72.1 cm³/mol. The number of amides is 1. The lowest BCUT2D eigenvalue weighted by Gasteiger charge is -2.10. The van der Waals surface area contributed by atoms with Crippen LogP contribution >= 0.6 is 11.8 Å². The summed E-state index contributed by atoms with van der Waals surface area (Å²) in [4.78, 5) is 11.8. The molecule has 0 saturated carbocycles. The van der Waals surface area contributed by atoms with Crippen LogP contribution in [-0.2, 0) is 0 Å². The van der Waals surface area contributed by atoms with Gasteiger partial charge in [0.15, 0.2) is 0 Å². The molecule has 1 unspecified atom stereocenters. The van der Waals surface area contributed by atoms with Crippen LogP contribution in [0.25, 0.3) is 0 Å². The number of anilines is 1. The summed E-state index contributed by atoms with van der Waals surface area (Å²) in [5.41, 5.74) is 4.01. The summed E-state index contributed by atoms with van der Waals surface area (Å²) in [5.74, 6) is 6.47. The lowest BCUT2D eigenvalue weighted by Crippen LogP contribution is -2.29. The molecule has 1 atom stereocenters. The summed E-state index contributed by atoms with van der Waals surface area (Å²) in [6.07, 6.45) is 2.48. The second-order valence-electron chi connectivity index (χ2n) is 4.07. The minimum Gasteiger partial charge on any atom is -0.351 e. The summed E-state index contributed by atoms with van der Waals surface area (Å²) in [5, 5.41) is 3.55. The van der Waals surface area contributed by atoms with E-state index in [2.05, 4.69) is 10.7 Å². The first-order valence-electron chi connectivity index (χ1n) is 5.76. The van der Waals surface area contributed by atoms with Gasteiger partial charge in [-0.3, -0.25) is 10.6 Å². The number of hydrazine groups is 1. The van der Waals surface area contributed by atoms with Crippen molar-refractivity contribution < 1.29 is 4.79 Å². The Morgan fingerprint density at radius 3 is 2.76 bits per heavy atom. The third-order valence-corrected chi connectivity index (χ3v) is 4.23. The van der Waals surface area contributed by atoms with E-state index in [-0.39, 0.29) is 5.91 Å². The highest BCUT2D eigenvalue weighted by Crippen LogP contribution is 2.25. The molecule has 0 aromatic heterocycles. The molecule has 0 bridgehead atoms. The highest BCUT2D eigenvalue weighted by Gasteiger charge is 2.16. The Hall–Kier alpha value is -1.20. The second kappa shape index (κ2) is 5.93. The number of nitrogens with one attached hydrogen (secondary N) is 2. The predicted octanol–water partition coefficient (Wildman–Crippen LogP) is 1.60. The number of carbonyl (C=O) groups excluding carboxylic acids is 1. The number of hydrogen-bond donors (Lipinski definition) is 3. The molecule has 4 nitrogen and oxygen atoms in total. The smallest absolute Gasteiger partial charge is 0.251 e. The maximum atomic E-state index is 11.8. The number of hydrogen-bond acceptors (Lipinski definition) is 4. The average Bonchev–Trinajstić information content (AvgIpc) is 2.89. The SMILES string of the molecule is NNc1ccc(C(=O)NCC2CCCS2)cc1. The fraction of sp³-hybridized carbons (Fsp3) is 0.417. The quantitative estimate of drug-likeness (QED) is 0.561. The summed E-state index contributed by atoms with van der Waals surface area (Å²) in [7, 11) is 0. The van der Waals surface area contributed by atoms with Gasteiger partial charge < -0.3 is 10.7 Å². The Morgan fingerprint density at radius 1 is 1.41 bits per heavy atom. The monoisotopic (exact) mass is 251 g/mol. The van der Waals surface area contributed by atoms with E-state index in [0.717, 1.165) is 12.2 Å². The van der Waals surface area contributed by atoms with Crippen LogP contribution in [0.5, 0.6) is 0 Å². The van der Waals surface area contributed by atoms with Crippen LogP contribution in [0.4, 0.5) is 5.69 Å². The van der Waals surface area contributed by atoms with Crippen molar-refractivity contribution in [3.8, 4) is 0 Å². The Kier molecular flexibility index (Phi) is 4.28. The van der Waals surface area contributed by atoms with Crippen LogP contribution in [0.3, 0.4) is 0 Å². The zero-order valence-electron chi connectivity index (χ0n) is 9.61. The first-order chi connectivity index (χ1) is 8.29. The number of thioether (sulfide) groups is 1. The van der Waals surface area contributed by atoms with Crippen molar-refractivity contribution in [1.29, 1.82) is 0 Å². The van der Waals surface area contributed by atoms with Gasteiger partial charge in [0.05, 0.1) is 0 Å². The zero-order valence-corrected chi connectivity index (χ0v) is 10.4. The van der Waals surface area contributed by atoms with Crippen molar-refractivity contribution >= 4 is 23.4 Å². The molecule has 1 amide bonds. The first-order valence-corrected chi connectivity index (χ1v) is 6.81. The zero-order chi connectivity index (χ0) is 12.1. The molecule has 17 heavy (non-hydrogen) atoms. The van der Waals surface area contributed by atoms with Crippen LogP contribution < -0.4 is 16.6 Å². The highest BCUT2D eigenvalue weighted by atomic mass is 32.2. The first kappa shape index (κ1) is 12.3. The van der Waals surface area contributed by atoms with Crippen LogP contribution in [0.2, 0.25) is 0 Å². The van der Waals surface area contributed by atoms with Crippen LogP contribution in [0.15, 0.2) is 24.3 Å². The van der Waals surface area contributed by atoms with Gasteiger partial charge in [-0.05, 0) is 42.9 Å². The highest BCUT2D eigenvalue weighted by molar-refractivity contribution is 8.00. The van der Waals surface area contributed by atoms with E-state index in [1.165, 1.54) is 18.6 Å². The molecular formula is C12H17N3OS. The van der Waals surface area contributed by atoms with Gasteiger partial charge in [-0.15, -0.1) is 0 Å². The van der Waals surface area contributed by atoms with Gasteiger partial charge in [-0.25, -0.2) is 0 Å². The van der Waals surface area contributed by atoms with Crippen molar-refractivity contribution in [2.75, 3.05) is 17.7 Å². The molecule has 1 aliphatic rings. The second-order valence-corrected chi connectivity index (χ2v) is 5.47. The molecule has 1 fully saturated rings. The van der Waals surface area contributed by atoms with Gasteiger partial charge in [-0.1, -0.05) is 0 Å². The van der Waals surface area contributed by atoms with E-state index in [1.54, 1.807) is 24.3 Å². The molecule has 1 aromatic carbocycles. The van der Waals surface area contributed by atoms with Crippen LogP contribution in [-0.4, -0.2) is 23.5 Å². The van der Waals surface area contributed by atoms with Gasteiger partial charge in [0.25, 0.3) is 5.91 Å². The van der Waals surface area contributed by atoms with Gasteiger partial charge in [-0.2, -0.15) is 11.8 Å². The minimum atomic E-state index is -0.0129. The maximum Gasteiger partial charge on any atom is 0.251 e. The van der Waals surface area contributed by atoms with Crippen LogP contribution in [0, 0.1) is 0 Å². The lowest BCUT2D eigenvalue weighted by atomic mass is 10.2. The molecule has 0 aliphatic carbocycles. The van der Waals surface area contributed by atoms with Gasteiger partial charge in [0.2, 0.25) is 0 Å². The van der Waals surface area contributed by atoms with Gasteiger partial charge in [0, 0.05) is 23.0 Å². The molecule has 92 valence electrons. The Labute approximate surface area is 105 Å². The molecule has 1 aliphatic heterocycles. The van der Waals surface area contributed by atoms with Crippen molar-refractivity contribution in [3.63, 3.8) is 0 Å². The van der Waals surface area contributed by atoms with Crippen molar-refractivity contribution in [1.82, 2.24) is 5.32 Å². The molecule has 1 aromatic rings. The standard InChI is InChI=1S/C12H17N3OS/c13-15-10-5-3-9(4-6-10)12(16)14-8-11-2-1-7-17-11/h3-6,11,15H,1-2,7-8,13H2,(H,14,16). The van der Waals surface area contributed by atoms with Crippen molar-refractivity contribution in [3.05, 3.63) is 29.8 Å². The molecule has 0 spiro atoms. The van der Waals surface area contributed by atoms with E-state index in [4.69, 9.17) is 5.84 Å². The summed E-state index contributed by atoms with van der Waals surface area (Å²) in [6.45, 7) is 0.764. The molecule has 5 heteroatoms. The van der Waals surface area contributed by atoms with Gasteiger partial charge in [0.1, 0.15) is 0 Å². The third-order valence-electron chi connectivity index (χ3n) is 2.83. The number of nitrogens with two attached hydrogens (primary N) is 1. The topological polar surface area (TPSA) is 67.1 Å². The number of rotatable bonds is 4.